The predicted molar refractivity (Wildman–Crippen MR) is 101 cm³/mol. The summed E-state index contributed by atoms with van der Waals surface area (Å²) in [5, 5.41) is 3.49. The van der Waals surface area contributed by atoms with E-state index in [0.717, 1.165) is 18.1 Å². The van der Waals surface area contributed by atoms with Crippen LogP contribution in [0, 0.1) is 0 Å². The normalized spacial score (nSPS) is 11.4. The molecule has 0 atom stereocenters. The molecule has 0 aliphatic rings. The van der Waals surface area contributed by atoms with Crippen molar-refractivity contribution >= 4 is 29.0 Å². The van der Waals surface area contributed by atoms with Crippen LogP contribution in [0.2, 0.25) is 10.0 Å². The van der Waals surface area contributed by atoms with Gasteiger partial charge in [0.15, 0.2) is 0 Å². The molecule has 3 nitrogen and oxygen atoms in total. The number of hydrogen-bond acceptors (Lipinski definition) is 3. The minimum absolute atomic E-state index is 0.365. The Hall–Kier alpha value is -2.31. The summed E-state index contributed by atoms with van der Waals surface area (Å²) in [7, 11) is 0. The Bertz CT molecular complexity index is 928. The second-order valence-electron chi connectivity index (χ2n) is 5.78. The van der Waals surface area contributed by atoms with Crippen LogP contribution in [-0.4, -0.2) is 16.5 Å². The van der Waals surface area contributed by atoms with Crippen molar-refractivity contribution in [2.24, 2.45) is 0 Å². The highest BCUT2D eigenvalue weighted by Gasteiger charge is 2.33. The molecule has 3 aromatic rings. The Balaban J connectivity index is 1.70. The summed E-state index contributed by atoms with van der Waals surface area (Å²) < 4.78 is 38.5. The lowest BCUT2D eigenvalue weighted by Crippen LogP contribution is -2.07. The minimum atomic E-state index is -4.49. The zero-order valence-corrected chi connectivity index (χ0v) is 15.4. The molecule has 1 N–H and O–H groups in total. The molecular formula is C19H14Cl2F3N3. The molecule has 1 heterocycles. The van der Waals surface area contributed by atoms with Gasteiger partial charge in [0.25, 0.3) is 0 Å². The van der Waals surface area contributed by atoms with Crippen LogP contribution in [0.3, 0.4) is 0 Å². The van der Waals surface area contributed by atoms with Gasteiger partial charge in [-0.1, -0.05) is 41.4 Å². The van der Waals surface area contributed by atoms with Gasteiger partial charge in [-0.05, 0) is 36.2 Å². The largest absolute Gasteiger partial charge is 0.417 e. The Morgan fingerprint density at radius 1 is 0.926 bits per heavy atom. The fourth-order valence-electron chi connectivity index (χ4n) is 2.50. The standard InChI is InChI=1S/C19H14Cl2F3N3/c20-14-4-1-12(2-5-14)7-8-25-18-10-17(26-11-27-18)13-3-6-15(16(21)9-13)19(22,23)24/h1-6,9-11H,7-8H2,(H,25,26,27). The number of alkyl halides is 3. The quantitative estimate of drug-likeness (QED) is 0.549. The van der Waals surface area contributed by atoms with Crippen molar-refractivity contribution in [3.05, 3.63) is 76.0 Å². The number of rotatable bonds is 5. The number of hydrogen-bond donors (Lipinski definition) is 1. The first-order valence-electron chi connectivity index (χ1n) is 8.00. The second-order valence-corrected chi connectivity index (χ2v) is 6.63. The summed E-state index contributed by atoms with van der Waals surface area (Å²) >= 11 is 11.6. The molecule has 0 fully saturated rings. The molecule has 8 heteroatoms. The lowest BCUT2D eigenvalue weighted by atomic mass is 10.1. The number of halogens is 5. The Morgan fingerprint density at radius 3 is 2.33 bits per heavy atom. The third-order valence-electron chi connectivity index (χ3n) is 3.87. The van der Waals surface area contributed by atoms with Gasteiger partial charge < -0.3 is 5.32 Å². The number of nitrogens with one attached hydrogen (secondary N) is 1. The molecule has 1 aromatic heterocycles. The van der Waals surface area contributed by atoms with E-state index in [1.807, 2.05) is 24.3 Å². The van der Waals surface area contributed by atoms with Gasteiger partial charge in [0.1, 0.15) is 12.1 Å². The van der Waals surface area contributed by atoms with Crippen molar-refractivity contribution in [2.75, 3.05) is 11.9 Å². The molecule has 0 aliphatic heterocycles. The van der Waals surface area contributed by atoms with Gasteiger partial charge >= 0.3 is 6.18 Å². The molecular weight excluding hydrogens is 398 g/mol. The summed E-state index contributed by atoms with van der Waals surface area (Å²) in [4.78, 5) is 8.25. The first-order valence-corrected chi connectivity index (χ1v) is 8.76. The van der Waals surface area contributed by atoms with Gasteiger partial charge in [0.2, 0.25) is 0 Å². The molecule has 3 rings (SSSR count). The van der Waals surface area contributed by atoms with Crippen LogP contribution in [0.15, 0.2) is 54.9 Å². The van der Waals surface area contributed by atoms with Crippen LogP contribution in [0.5, 0.6) is 0 Å². The zero-order valence-electron chi connectivity index (χ0n) is 13.9. The van der Waals surface area contributed by atoms with Crippen LogP contribution >= 0.6 is 23.2 Å². The Morgan fingerprint density at radius 2 is 1.67 bits per heavy atom. The number of nitrogens with zero attached hydrogens (tertiary/aromatic N) is 2. The SMILES string of the molecule is FC(F)(F)c1ccc(-c2cc(NCCc3ccc(Cl)cc3)ncn2)cc1Cl. The molecule has 0 unspecified atom stereocenters. The highest BCUT2D eigenvalue weighted by Crippen LogP contribution is 2.36. The van der Waals surface area contributed by atoms with Gasteiger partial charge in [-0.2, -0.15) is 13.2 Å². The summed E-state index contributed by atoms with van der Waals surface area (Å²) in [6.07, 6.45) is -2.37. The molecule has 27 heavy (non-hydrogen) atoms. The van der Waals surface area contributed by atoms with Crippen molar-refractivity contribution in [2.45, 2.75) is 12.6 Å². The van der Waals surface area contributed by atoms with Gasteiger partial charge in [-0.15, -0.1) is 0 Å². The van der Waals surface area contributed by atoms with Crippen molar-refractivity contribution in [1.29, 1.82) is 0 Å². The fraction of sp³-hybridized carbons (Fsp3) is 0.158. The number of benzene rings is 2. The average Bonchev–Trinajstić information content (AvgIpc) is 2.62. The van der Waals surface area contributed by atoms with Gasteiger partial charge in [-0.25, -0.2) is 9.97 Å². The van der Waals surface area contributed by atoms with Crippen LogP contribution < -0.4 is 5.32 Å². The summed E-state index contributed by atoms with van der Waals surface area (Å²) in [6.45, 7) is 0.631. The minimum Gasteiger partial charge on any atom is -0.370 e. The third kappa shape index (κ3) is 5.11. The van der Waals surface area contributed by atoms with Gasteiger partial charge in [0, 0.05) is 23.2 Å². The molecule has 0 aliphatic carbocycles. The van der Waals surface area contributed by atoms with Crippen molar-refractivity contribution in [1.82, 2.24) is 9.97 Å². The van der Waals surface area contributed by atoms with Crippen LogP contribution in [-0.2, 0) is 12.6 Å². The van der Waals surface area contributed by atoms with E-state index >= 15 is 0 Å². The molecule has 2 aromatic carbocycles. The van der Waals surface area contributed by atoms with Gasteiger partial charge in [-0.3, -0.25) is 0 Å². The van der Waals surface area contributed by atoms with E-state index in [1.165, 1.54) is 18.5 Å². The van der Waals surface area contributed by atoms with E-state index in [9.17, 15) is 13.2 Å². The summed E-state index contributed by atoms with van der Waals surface area (Å²) in [5.41, 5.74) is 1.21. The summed E-state index contributed by atoms with van der Waals surface area (Å²) in [6, 6.07) is 12.8. The third-order valence-corrected chi connectivity index (χ3v) is 4.44. The first-order chi connectivity index (χ1) is 12.8. The summed E-state index contributed by atoms with van der Waals surface area (Å²) in [5.74, 6) is 0.574. The lowest BCUT2D eigenvalue weighted by Gasteiger charge is -2.11. The maximum absolute atomic E-state index is 12.8. The molecule has 0 saturated carbocycles. The maximum atomic E-state index is 12.8. The molecule has 0 spiro atoms. The van der Waals surface area contributed by atoms with E-state index in [4.69, 9.17) is 23.2 Å². The van der Waals surface area contributed by atoms with Crippen LogP contribution in [0.25, 0.3) is 11.3 Å². The molecule has 140 valence electrons. The lowest BCUT2D eigenvalue weighted by molar-refractivity contribution is -0.137. The monoisotopic (exact) mass is 411 g/mol. The highest BCUT2D eigenvalue weighted by atomic mass is 35.5. The number of anilines is 1. The molecule has 0 radical (unpaired) electrons. The first kappa shape index (κ1) is 19.5. The van der Waals surface area contributed by atoms with E-state index in [2.05, 4.69) is 15.3 Å². The zero-order chi connectivity index (χ0) is 19.4. The topological polar surface area (TPSA) is 37.8 Å². The van der Waals surface area contributed by atoms with Crippen LogP contribution in [0.4, 0.5) is 19.0 Å². The maximum Gasteiger partial charge on any atom is 0.417 e. The van der Waals surface area contributed by atoms with E-state index in [-0.39, 0.29) is 5.02 Å². The van der Waals surface area contributed by atoms with E-state index < -0.39 is 11.7 Å². The van der Waals surface area contributed by atoms with Crippen LogP contribution in [0.1, 0.15) is 11.1 Å². The Kier molecular flexibility index (Phi) is 5.87. The van der Waals surface area contributed by atoms with Crippen molar-refractivity contribution < 1.29 is 13.2 Å². The van der Waals surface area contributed by atoms with E-state index in [1.54, 1.807) is 6.07 Å². The smallest absolute Gasteiger partial charge is 0.370 e. The average molecular weight is 412 g/mol. The van der Waals surface area contributed by atoms with Gasteiger partial charge in [0.05, 0.1) is 16.3 Å². The van der Waals surface area contributed by atoms with E-state index in [0.29, 0.717) is 28.6 Å². The van der Waals surface area contributed by atoms with Crippen molar-refractivity contribution in [3.8, 4) is 11.3 Å². The van der Waals surface area contributed by atoms with Crippen molar-refractivity contribution in [3.63, 3.8) is 0 Å². The molecule has 0 saturated heterocycles. The highest BCUT2D eigenvalue weighted by molar-refractivity contribution is 6.31. The molecule has 0 amide bonds. The molecule has 0 bridgehead atoms. The predicted octanol–water partition coefficient (Wildman–Crippen LogP) is 6.12. The fourth-order valence-corrected chi connectivity index (χ4v) is 2.92. The Labute approximate surface area is 164 Å². The number of aromatic nitrogens is 2. The second kappa shape index (κ2) is 8.15.